The Bertz CT molecular complexity index is 1310. The molecule has 3 heterocycles. The molecule has 2 aliphatic rings. The highest BCUT2D eigenvalue weighted by Gasteiger charge is 2.26. The van der Waals surface area contributed by atoms with Gasteiger partial charge in [0.2, 0.25) is 12.7 Å². The van der Waals surface area contributed by atoms with Crippen molar-refractivity contribution in [3.8, 4) is 11.5 Å². The number of amides is 1. The average Bonchev–Trinajstić information content (AvgIpc) is 3.47. The molecule has 34 heavy (non-hydrogen) atoms. The fourth-order valence-electron chi connectivity index (χ4n) is 4.28. The minimum Gasteiger partial charge on any atom is -0.454 e. The number of carbonyl (C=O) groups excluding carboxylic acids is 1. The summed E-state index contributed by atoms with van der Waals surface area (Å²) in [6.07, 6.45) is 0.701. The van der Waals surface area contributed by atoms with Crippen LogP contribution in [0, 0.1) is 6.92 Å². The second kappa shape index (κ2) is 9.49. The van der Waals surface area contributed by atoms with Crippen LogP contribution in [0.1, 0.15) is 22.4 Å². The second-order valence-corrected chi connectivity index (χ2v) is 8.58. The van der Waals surface area contributed by atoms with E-state index in [0.29, 0.717) is 26.3 Å². The van der Waals surface area contributed by atoms with Gasteiger partial charge in [0.05, 0.1) is 6.04 Å². The number of benzene rings is 3. The number of H-pyrrole nitrogens is 1. The number of carbonyl (C=O) groups is 1. The predicted octanol–water partition coefficient (Wildman–Crippen LogP) is 3.80. The molecule has 6 rings (SSSR count). The molecule has 4 aromatic rings. The van der Waals surface area contributed by atoms with E-state index < -0.39 is 0 Å². The quantitative estimate of drug-likeness (QED) is 0.351. The maximum absolute atomic E-state index is 12.5. The fourth-order valence-corrected chi connectivity index (χ4v) is 4.28. The van der Waals surface area contributed by atoms with E-state index in [1.165, 1.54) is 22.2 Å². The van der Waals surface area contributed by atoms with Crippen LogP contribution >= 0.6 is 0 Å². The van der Waals surface area contributed by atoms with E-state index in [2.05, 4.69) is 27.8 Å². The van der Waals surface area contributed by atoms with E-state index >= 15 is 0 Å². The van der Waals surface area contributed by atoms with Crippen LogP contribution < -0.4 is 25.8 Å². The summed E-state index contributed by atoms with van der Waals surface area (Å²) in [6.45, 7) is 3.59. The molecule has 1 amide bonds. The molecule has 0 radical (unpaired) electrons. The van der Waals surface area contributed by atoms with Gasteiger partial charge in [-0.3, -0.25) is 10.1 Å². The fraction of sp³-hybridized carbons (Fsp3) is 0.222. The van der Waals surface area contributed by atoms with Crippen LogP contribution in [0.2, 0.25) is 0 Å². The molecule has 1 atom stereocenters. The molecule has 5 N–H and O–H groups in total. The predicted molar refractivity (Wildman–Crippen MR) is 133 cm³/mol. The van der Waals surface area contributed by atoms with Gasteiger partial charge in [0, 0.05) is 35.4 Å². The number of aryl methyl sites for hydroxylation is 1. The van der Waals surface area contributed by atoms with Crippen molar-refractivity contribution < 1.29 is 14.3 Å². The minimum absolute atomic E-state index is 0.0303. The topological polar surface area (TPSA) is 101 Å². The summed E-state index contributed by atoms with van der Waals surface area (Å²) in [5.41, 5.74) is 12.2. The third kappa shape index (κ3) is 4.70. The van der Waals surface area contributed by atoms with E-state index in [1.807, 2.05) is 61.5 Å². The Hall–Kier alpha value is -3.97. The van der Waals surface area contributed by atoms with Crippen LogP contribution in [0.5, 0.6) is 11.5 Å². The van der Waals surface area contributed by atoms with Crippen LogP contribution in [-0.2, 0) is 24.3 Å². The molecule has 7 nitrogen and oxygen atoms in total. The lowest BCUT2D eigenvalue weighted by Gasteiger charge is -2.23. The molecule has 0 saturated carbocycles. The first-order chi connectivity index (χ1) is 16.6. The van der Waals surface area contributed by atoms with Gasteiger partial charge in [0.15, 0.2) is 11.5 Å². The molecule has 0 saturated heterocycles. The van der Waals surface area contributed by atoms with Crippen LogP contribution in [0.3, 0.4) is 0 Å². The van der Waals surface area contributed by atoms with Crippen molar-refractivity contribution in [2.45, 2.75) is 32.5 Å². The third-order valence-electron chi connectivity index (χ3n) is 6.13. The molecule has 0 fully saturated rings. The van der Waals surface area contributed by atoms with Crippen LogP contribution in [0.25, 0.3) is 10.9 Å². The van der Waals surface area contributed by atoms with Gasteiger partial charge in [0.25, 0.3) is 0 Å². The molecular weight excluding hydrogens is 428 g/mol. The zero-order valence-electron chi connectivity index (χ0n) is 19.1. The lowest BCUT2D eigenvalue weighted by Crippen LogP contribution is -2.47. The second-order valence-electron chi connectivity index (χ2n) is 8.58. The van der Waals surface area contributed by atoms with Crippen molar-refractivity contribution >= 4 is 22.5 Å². The maximum atomic E-state index is 12.5. The van der Waals surface area contributed by atoms with Gasteiger partial charge >= 0.3 is 0 Å². The van der Waals surface area contributed by atoms with Crippen molar-refractivity contribution in [3.63, 3.8) is 0 Å². The van der Waals surface area contributed by atoms with E-state index in [-0.39, 0.29) is 11.9 Å². The zero-order chi connectivity index (χ0) is 23.5. The summed E-state index contributed by atoms with van der Waals surface area (Å²) in [7, 11) is 0. The van der Waals surface area contributed by atoms with Crippen LogP contribution in [-0.4, -0.2) is 23.7 Å². The van der Waals surface area contributed by atoms with E-state index in [0.717, 1.165) is 28.3 Å². The monoisotopic (exact) mass is 456 g/mol. The number of hydrogen-bond acceptors (Lipinski definition) is 5. The van der Waals surface area contributed by atoms with Crippen LogP contribution in [0.15, 0.2) is 66.7 Å². The van der Waals surface area contributed by atoms with Gasteiger partial charge in [-0.2, -0.15) is 0 Å². The number of aromatic nitrogens is 1. The molecular formula is C27H28N4O3. The van der Waals surface area contributed by atoms with E-state index in [9.17, 15) is 4.79 Å². The zero-order valence-corrected chi connectivity index (χ0v) is 19.1. The Morgan fingerprint density at radius 3 is 2.71 bits per heavy atom. The third-order valence-corrected chi connectivity index (χ3v) is 6.13. The Labute approximate surface area is 198 Å². The molecule has 1 aromatic heterocycles. The van der Waals surface area contributed by atoms with Crippen molar-refractivity contribution in [3.05, 3.63) is 89.1 Å². The number of para-hydroxylation sites is 1. The Morgan fingerprint density at radius 1 is 1.06 bits per heavy atom. The smallest absolute Gasteiger partial charge is 0.237 e. The molecule has 174 valence electrons. The average molecular weight is 457 g/mol. The van der Waals surface area contributed by atoms with Gasteiger partial charge in [-0.25, -0.2) is 0 Å². The van der Waals surface area contributed by atoms with Gasteiger partial charge < -0.3 is 25.5 Å². The SMILES string of the molecule is Cc1ccc2c(c1)OCO2.Nc1ccc(CNC(=O)[C@@H]2Cc3c([nH]c4ccccc34)CN2)cc1. The molecule has 0 spiro atoms. The van der Waals surface area contributed by atoms with Gasteiger partial charge in [0.1, 0.15) is 0 Å². The number of fused-ring (bicyclic) bond motifs is 4. The summed E-state index contributed by atoms with van der Waals surface area (Å²) >= 11 is 0. The van der Waals surface area contributed by atoms with Crippen molar-refractivity contribution in [1.29, 1.82) is 0 Å². The summed E-state index contributed by atoms with van der Waals surface area (Å²) in [6, 6.07) is 21.5. The number of aromatic amines is 1. The number of rotatable bonds is 3. The summed E-state index contributed by atoms with van der Waals surface area (Å²) in [4.78, 5) is 15.9. The highest BCUT2D eigenvalue weighted by atomic mass is 16.7. The molecule has 3 aromatic carbocycles. The number of nitrogen functional groups attached to an aromatic ring is 1. The van der Waals surface area contributed by atoms with Gasteiger partial charge in [-0.1, -0.05) is 36.4 Å². The lowest BCUT2D eigenvalue weighted by molar-refractivity contribution is -0.123. The molecule has 7 heteroatoms. The summed E-state index contributed by atoms with van der Waals surface area (Å²) in [5, 5.41) is 7.54. The lowest BCUT2D eigenvalue weighted by atomic mass is 9.98. The highest BCUT2D eigenvalue weighted by Crippen LogP contribution is 2.32. The first kappa shape index (κ1) is 21.9. The molecule has 0 unspecified atom stereocenters. The van der Waals surface area contributed by atoms with E-state index in [1.54, 1.807) is 0 Å². The summed E-state index contributed by atoms with van der Waals surface area (Å²) < 4.78 is 10.3. The van der Waals surface area contributed by atoms with Crippen molar-refractivity contribution in [2.75, 3.05) is 12.5 Å². The molecule has 0 aliphatic carbocycles. The number of hydrogen-bond donors (Lipinski definition) is 4. The standard InChI is InChI=1S/C19H20N4O.C8H8O2/c20-13-7-5-12(6-8-13)10-22-19(24)17-9-15-14-3-1-2-4-16(14)23-18(15)11-21-17;1-6-2-3-7-8(4-6)10-5-9-7/h1-8,17,21,23H,9-11,20H2,(H,22,24);2-4H,5H2,1H3/t17-;/m0./s1. The Morgan fingerprint density at radius 2 is 1.85 bits per heavy atom. The minimum atomic E-state index is -0.203. The highest BCUT2D eigenvalue weighted by molar-refractivity contribution is 5.88. The summed E-state index contributed by atoms with van der Waals surface area (Å²) in [5.74, 6) is 1.74. The van der Waals surface area contributed by atoms with Gasteiger partial charge in [-0.15, -0.1) is 0 Å². The number of anilines is 1. The largest absolute Gasteiger partial charge is 0.454 e. The van der Waals surface area contributed by atoms with E-state index in [4.69, 9.17) is 15.2 Å². The Balaban J connectivity index is 0.000000200. The van der Waals surface area contributed by atoms with Crippen molar-refractivity contribution in [1.82, 2.24) is 15.6 Å². The van der Waals surface area contributed by atoms with Crippen LogP contribution in [0.4, 0.5) is 5.69 Å². The number of ether oxygens (including phenoxy) is 2. The van der Waals surface area contributed by atoms with Crippen molar-refractivity contribution in [2.24, 2.45) is 0 Å². The first-order valence-electron chi connectivity index (χ1n) is 11.4. The molecule has 0 bridgehead atoms. The van der Waals surface area contributed by atoms with Gasteiger partial charge in [-0.05, 0) is 60.4 Å². The number of nitrogens with two attached hydrogens (primary N) is 1. The maximum Gasteiger partial charge on any atom is 0.237 e. The number of nitrogens with one attached hydrogen (secondary N) is 3. The molecule has 2 aliphatic heterocycles. The normalized spacial score (nSPS) is 15.9. The Kier molecular flexibility index (Phi) is 6.10. The first-order valence-corrected chi connectivity index (χ1v) is 11.4.